The van der Waals surface area contributed by atoms with Gasteiger partial charge in [0.1, 0.15) is 5.82 Å². The van der Waals surface area contributed by atoms with E-state index in [0.717, 1.165) is 0 Å². The third-order valence-corrected chi connectivity index (χ3v) is 3.16. The summed E-state index contributed by atoms with van der Waals surface area (Å²) in [5.74, 6) is -0.315. The van der Waals surface area contributed by atoms with E-state index < -0.39 is 6.09 Å². The van der Waals surface area contributed by atoms with E-state index in [-0.39, 0.29) is 11.9 Å². The first-order valence-corrected chi connectivity index (χ1v) is 5.85. The average Bonchev–Trinajstić information content (AvgIpc) is 2.33. The van der Waals surface area contributed by atoms with Crippen molar-refractivity contribution in [2.75, 3.05) is 23.7 Å². The number of nitrogens with two attached hydrogens (primary N) is 1. The summed E-state index contributed by atoms with van der Waals surface area (Å²) in [6.45, 7) is 1.33. The van der Waals surface area contributed by atoms with Crippen LogP contribution in [0.3, 0.4) is 0 Å². The van der Waals surface area contributed by atoms with Crippen LogP contribution in [-0.2, 0) is 0 Å². The van der Waals surface area contributed by atoms with Crippen LogP contribution in [0.5, 0.6) is 0 Å². The summed E-state index contributed by atoms with van der Waals surface area (Å²) in [4.78, 5) is 12.5. The quantitative estimate of drug-likeness (QED) is 0.700. The van der Waals surface area contributed by atoms with Gasteiger partial charge in [-0.25, -0.2) is 9.18 Å². The molecule has 0 spiro atoms. The molecular formula is C12H16FN3O2. The van der Waals surface area contributed by atoms with Crippen LogP contribution in [0.25, 0.3) is 0 Å². The highest BCUT2D eigenvalue weighted by Gasteiger charge is 2.21. The largest absolute Gasteiger partial charge is 0.465 e. The molecule has 1 aromatic rings. The summed E-state index contributed by atoms with van der Waals surface area (Å²) in [5.41, 5.74) is 7.04. The number of hydrogen-bond acceptors (Lipinski definition) is 3. The minimum Gasteiger partial charge on any atom is -0.465 e. The molecule has 0 unspecified atom stereocenters. The van der Waals surface area contributed by atoms with E-state index >= 15 is 0 Å². The van der Waals surface area contributed by atoms with Crippen molar-refractivity contribution in [1.82, 2.24) is 5.32 Å². The van der Waals surface area contributed by atoms with Crippen molar-refractivity contribution in [3.63, 3.8) is 0 Å². The predicted molar refractivity (Wildman–Crippen MR) is 67.2 cm³/mol. The van der Waals surface area contributed by atoms with Gasteiger partial charge in [-0.3, -0.25) is 0 Å². The van der Waals surface area contributed by atoms with Gasteiger partial charge < -0.3 is 21.1 Å². The Morgan fingerprint density at radius 2 is 2.11 bits per heavy atom. The zero-order valence-electron chi connectivity index (χ0n) is 9.90. The van der Waals surface area contributed by atoms with Gasteiger partial charge in [0.15, 0.2) is 0 Å². The normalized spacial score (nSPS) is 16.6. The molecule has 1 aliphatic rings. The molecule has 1 fully saturated rings. The van der Waals surface area contributed by atoms with Crippen molar-refractivity contribution < 1.29 is 14.3 Å². The maximum Gasteiger partial charge on any atom is 0.404 e. The highest BCUT2D eigenvalue weighted by molar-refractivity contribution is 5.68. The molecule has 5 nitrogen and oxygen atoms in total. The zero-order valence-corrected chi connectivity index (χ0v) is 9.90. The summed E-state index contributed by atoms with van der Waals surface area (Å²) in [6.07, 6.45) is 0.392. The lowest BCUT2D eigenvalue weighted by atomic mass is 10.0. The van der Waals surface area contributed by atoms with E-state index in [9.17, 15) is 9.18 Å². The smallest absolute Gasteiger partial charge is 0.404 e. The lowest BCUT2D eigenvalue weighted by Crippen LogP contribution is -2.44. The van der Waals surface area contributed by atoms with E-state index in [0.29, 0.717) is 37.3 Å². The first kappa shape index (κ1) is 12.5. The lowest BCUT2D eigenvalue weighted by Gasteiger charge is -2.34. The Morgan fingerprint density at radius 1 is 1.44 bits per heavy atom. The van der Waals surface area contributed by atoms with E-state index in [4.69, 9.17) is 10.8 Å². The molecule has 0 aliphatic carbocycles. The van der Waals surface area contributed by atoms with E-state index in [1.165, 1.54) is 12.1 Å². The molecule has 4 N–H and O–H groups in total. The molecule has 18 heavy (non-hydrogen) atoms. The first-order valence-electron chi connectivity index (χ1n) is 5.85. The van der Waals surface area contributed by atoms with Crippen LogP contribution in [0.2, 0.25) is 0 Å². The zero-order chi connectivity index (χ0) is 13.1. The summed E-state index contributed by atoms with van der Waals surface area (Å²) < 4.78 is 13.2. The maximum absolute atomic E-state index is 13.2. The maximum atomic E-state index is 13.2. The van der Waals surface area contributed by atoms with Crippen LogP contribution >= 0.6 is 0 Å². The molecular weight excluding hydrogens is 237 g/mol. The molecule has 6 heteroatoms. The number of hydrogen-bond donors (Lipinski definition) is 3. The number of halogens is 1. The molecule has 2 rings (SSSR count). The summed E-state index contributed by atoms with van der Waals surface area (Å²) in [6, 6.07) is 4.26. The van der Waals surface area contributed by atoms with Crippen molar-refractivity contribution in [2.45, 2.75) is 18.9 Å². The second-order valence-electron chi connectivity index (χ2n) is 4.41. The van der Waals surface area contributed by atoms with Gasteiger partial charge >= 0.3 is 6.09 Å². The van der Waals surface area contributed by atoms with Gasteiger partial charge in [-0.05, 0) is 31.0 Å². The van der Waals surface area contributed by atoms with Crippen LogP contribution in [-0.4, -0.2) is 30.3 Å². The Bertz CT molecular complexity index is 445. The Labute approximate surface area is 104 Å². The second kappa shape index (κ2) is 5.12. The summed E-state index contributed by atoms with van der Waals surface area (Å²) in [7, 11) is 0. The Hall–Kier alpha value is -1.98. The van der Waals surface area contributed by atoms with E-state index in [2.05, 4.69) is 5.32 Å². The number of rotatable bonds is 2. The third-order valence-electron chi connectivity index (χ3n) is 3.16. The fourth-order valence-electron chi connectivity index (χ4n) is 2.23. The van der Waals surface area contributed by atoms with Gasteiger partial charge in [0.25, 0.3) is 0 Å². The fourth-order valence-corrected chi connectivity index (χ4v) is 2.23. The van der Waals surface area contributed by atoms with Crippen LogP contribution in [0.1, 0.15) is 12.8 Å². The number of amides is 1. The lowest BCUT2D eigenvalue weighted by molar-refractivity contribution is 0.187. The van der Waals surface area contributed by atoms with Crippen LogP contribution in [0.15, 0.2) is 18.2 Å². The standard InChI is InChI=1S/C12H16FN3O2/c13-8-1-2-10(14)11(7-8)16-5-3-9(4-6-16)15-12(17)18/h1-2,7,9,15H,3-6,14H2,(H,17,18). The van der Waals surface area contributed by atoms with Crippen LogP contribution in [0.4, 0.5) is 20.6 Å². The fraction of sp³-hybridized carbons (Fsp3) is 0.417. The van der Waals surface area contributed by atoms with E-state index in [1.54, 1.807) is 6.07 Å². The van der Waals surface area contributed by atoms with Gasteiger partial charge in [0.2, 0.25) is 0 Å². The minimum absolute atomic E-state index is 0.0338. The molecule has 0 saturated carbocycles. The topological polar surface area (TPSA) is 78.6 Å². The third kappa shape index (κ3) is 2.82. The molecule has 1 aliphatic heterocycles. The SMILES string of the molecule is Nc1ccc(F)cc1N1CCC(NC(=O)O)CC1. The minimum atomic E-state index is -1.00. The Balaban J connectivity index is 2.01. The molecule has 1 amide bonds. The summed E-state index contributed by atoms with van der Waals surface area (Å²) >= 11 is 0. The Morgan fingerprint density at radius 3 is 2.72 bits per heavy atom. The molecule has 0 radical (unpaired) electrons. The highest BCUT2D eigenvalue weighted by Crippen LogP contribution is 2.27. The van der Waals surface area contributed by atoms with E-state index in [1.807, 2.05) is 4.90 Å². The number of nitrogen functional groups attached to an aromatic ring is 1. The Kier molecular flexibility index (Phi) is 3.55. The highest BCUT2D eigenvalue weighted by atomic mass is 19.1. The number of benzene rings is 1. The van der Waals surface area contributed by atoms with Gasteiger partial charge in [-0.1, -0.05) is 0 Å². The monoisotopic (exact) mass is 253 g/mol. The van der Waals surface area contributed by atoms with Gasteiger partial charge in [-0.2, -0.15) is 0 Å². The van der Waals surface area contributed by atoms with Crippen molar-refractivity contribution in [2.24, 2.45) is 0 Å². The molecule has 0 aromatic heterocycles. The van der Waals surface area contributed by atoms with Crippen molar-refractivity contribution in [1.29, 1.82) is 0 Å². The van der Waals surface area contributed by atoms with Gasteiger partial charge in [0.05, 0.1) is 11.4 Å². The molecule has 0 bridgehead atoms. The molecule has 98 valence electrons. The number of nitrogens with zero attached hydrogens (tertiary/aromatic N) is 1. The number of carboxylic acid groups (broad SMARTS) is 1. The average molecular weight is 253 g/mol. The second-order valence-corrected chi connectivity index (χ2v) is 4.41. The van der Waals surface area contributed by atoms with Crippen molar-refractivity contribution >= 4 is 17.5 Å². The molecule has 1 heterocycles. The number of anilines is 2. The van der Waals surface area contributed by atoms with Crippen molar-refractivity contribution in [3.8, 4) is 0 Å². The first-order chi connectivity index (χ1) is 8.56. The van der Waals surface area contributed by atoms with Gasteiger partial charge in [0, 0.05) is 19.1 Å². The van der Waals surface area contributed by atoms with Crippen molar-refractivity contribution in [3.05, 3.63) is 24.0 Å². The molecule has 0 atom stereocenters. The number of carbonyl (C=O) groups is 1. The predicted octanol–water partition coefficient (Wildman–Crippen LogP) is 1.64. The number of nitrogens with one attached hydrogen (secondary N) is 1. The van der Waals surface area contributed by atoms with Gasteiger partial charge in [-0.15, -0.1) is 0 Å². The number of piperidine rings is 1. The van der Waals surface area contributed by atoms with Crippen LogP contribution < -0.4 is 16.0 Å². The summed E-state index contributed by atoms with van der Waals surface area (Å²) in [5, 5.41) is 11.1. The molecule has 1 saturated heterocycles. The van der Waals surface area contributed by atoms with Crippen LogP contribution in [0, 0.1) is 5.82 Å². The molecule has 1 aromatic carbocycles.